The van der Waals surface area contributed by atoms with Crippen LogP contribution in [0.25, 0.3) is 0 Å². The summed E-state index contributed by atoms with van der Waals surface area (Å²) in [5.41, 5.74) is -0.542. The summed E-state index contributed by atoms with van der Waals surface area (Å²) in [4.78, 5) is 2.27. The van der Waals surface area contributed by atoms with Gasteiger partial charge in [0.2, 0.25) is 0 Å². The number of aliphatic hydroxyl groups is 1. The minimum atomic E-state index is -0.542. The van der Waals surface area contributed by atoms with Crippen molar-refractivity contribution in [2.45, 2.75) is 31.4 Å². The Morgan fingerprint density at radius 2 is 2.25 bits per heavy atom. The molecule has 1 heterocycles. The van der Waals surface area contributed by atoms with Gasteiger partial charge in [0.05, 0.1) is 5.60 Å². The lowest BCUT2D eigenvalue weighted by Gasteiger charge is -2.31. The fraction of sp³-hybridized carbons (Fsp3) is 1.00. The Morgan fingerprint density at radius 3 is 2.83 bits per heavy atom. The predicted octanol–water partition coefficient (Wildman–Crippen LogP) is 0.0510. The largest absolute Gasteiger partial charge is 0.389 e. The summed E-state index contributed by atoms with van der Waals surface area (Å²) in [6.07, 6.45) is 1.98. The van der Waals surface area contributed by atoms with Crippen molar-refractivity contribution < 1.29 is 5.11 Å². The number of nitrogens with one attached hydrogen (secondary N) is 1. The number of nitrogens with zero attached hydrogens (tertiary/aromatic N) is 1. The highest BCUT2D eigenvalue weighted by molar-refractivity contribution is 4.91. The molecular formula is C9H20N2O. The van der Waals surface area contributed by atoms with Crippen molar-refractivity contribution in [2.24, 2.45) is 0 Å². The van der Waals surface area contributed by atoms with E-state index in [-0.39, 0.29) is 6.04 Å². The first-order valence-corrected chi connectivity index (χ1v) is 4.64. The van der Waals surface area contributed by atoms with E-state index in [1.807, 2.05) is 14.0 Å². The SMILES string of the molecule is CN[C@H]1CN(C)CCC[C@]1(C)O. The molecule has 1 aliphatic rings. The van der Waals surface area contributed by atoms with Crippen LogP contribution in [0, 0.1) is 0 Å². The highest BCUT2D eigenvalue weighted by Crippen LogP contribution is 2.20. The second-order valence-electron chi connectivity index (χ2n) is 4.06. The summed E-state index contributed by atoms with van der Waals surface area (Å²) in [6.45, 7) is 3.95. The van der Waals surface area contributed by atoms with Crippen LogP contribution in [0.3, 0.4) is 0 Å². The molecule has 12 heavy (non-hydrogen) atoms. The van der Waals surface area contributed by atoms with Crippen molar-refractivity contribution in [3.63, 3.8) is 0 Å². The van der Waals surface area contributed by atoms with Gasteiger partial charge in [-0.2, -0.15) is 0 Å². The summed E-state index contributed by atoms with van der Waals surface area (Å²) >= 11 is 0. The molecule has 72 valence electrons. The first-order chi connectivity index (χ1) is 5.56. The van der Waals surface area contributed by atoms with Gasteiger partial charge in [-0.05, 0) is 40.4 Å². The predicted molar refractivity (Wildman–Crippen MR) is 50.2 cm³/mol. The van der Waals surface area contributed by atoms with E-state index in [9.17, 15) is 5.11 Å². The molecule has 0 unspecified atom stereocenters. The van der Waals surface area contributed by atoms with Crippen molar-refractivity contribution in [1.82, 2.24) is 10.2 Å². The first-order valence-electron chi connectivity index (χ1n) is 4.64. The van der Waals surface area contributed by atoms with Crippen LogP contribution in [-0.2, 0) is 0 Å². The Hall–Kier alpha value is -0.120. The minimum absolute atomic E-state index is 0.199. The highest BCUT2D eigenvalue weighted by Gasteiger charge is 2.33. The Labute approximate surface area is 74.8 Å². The third-order valence-electron chi connectivity index (χ3n) is 2.82. The van der Waals surface area contributed by atoms with Gasteiger partial charge in [-0.3, -0.25) is 0 Å². The van der Waals surface area contributed by atoms with Crippen LogP contribution in [0.5, 0.6) is 0 Å². The lowest BCUT2D eigenvalue weighted by molar-refractivity contribution is 0.0162. The number of rotatable bonds is 1. The van der Waals surface area contributed by atoms with Crippen LogP contribution >= 0.6 is 0 Å². The maximum atomic E-state index is 10.0. The van der Waals surface area contributed by atoms with Crippen LogP contribution in [-0.4, -0.2) is 48.8 Å². The molecule has 0 radical (unpaired) electrons. The molecule has 0 amide bonds. The molecule has 0 spiro atoms. The molecule has 0 saturated carbocycles. The molecule has 3 heteroatoms. The molecule has 1 saturated heterocycles. The third-order valence-corrected chi connectivity index (χ3v) is 2.82. The molecule has 0 aromatic carbocycles. The molecule has 1 aliphatic heterocycles. The molecule has 0 bridgehead atoms. The lowest BCUT2D eigenvalue weighted by atomic mass is 9.92. The number of likely N-dealkylation sites (N-methyl/N-ethyl adjacent to an activating group) is 2. The topological polar surface area (TPSA) is 35.5 Å². The average molecular weight is 172 g/mol. The molecule has 2 atom stereocenters. The van der Waals surface area contributed by atoms with E-state index in [0.29, 0.717) is 0 Å². The maximum Gasteiger partial charge on any atom is 0.0784 e. The normalized spacial score (nSPS) is 39.5. The number of hydrogen-bond acceptors (Lipinski definition) is 3. The van der Waals surface area contributed by atoms with Crippen LogP contribution in [0.1, 0.15) is 19.8 Å². The van der Waals surface area contributed by atoms with Crippen molar-refractivity contribution in [2.75, 3.05) is 27.2 Å². The quantitative estimate of drug-likeness (QED) is 0.587. The van der Waals surface area contributed by atoms with Crippen molar-refractivity contribution in [3.05, 3.63) is 0 Å². The van der Waals surface area contributed by atoms with Crippen LogP contribution in [0.4, 0.5) is 0 Å². The maximum absolute atomic E-state index is 10.0. The molecule has 1 fully saturated rings. The van der Waals surface area contributed by atoms with Gasteiger partial charge in [-0.25, -0.2) is 0 Å². The second kappa shape index (κ2) is 3.73. The smallest absolute Gasteiger partial charge is 0.0784 e. The van der Waals surface area contributed by atoms with E-state index in [1.165, 1.54) is 0 Å². The van der Waals surface area contributed by atoms with Gasteiger partial charge in [-0.15, -0.1) is 0 Å². The molecule has 3 nitrogen and oxygen atoms in total. The lowest BCUT2D eigenvalue weighted by Crippen LogP contribution is -2.51. The Balaban J connectivity index is 2.63. The standard InChI is InChI=1S/C9H20N2O/c1-9(12)5-4-6-11(3)7-8(9)10-2/h8,10,12H,4-7H2,1-3H3/t8-,9-/m0/s1. The fourth-order valence-electron chi connectivity index (χ4n) is 1.88. The van der Waals surface area contributed by atoms with Gasteiger partial charge in [0.15, 0.2) is 0 Å². The Bertz CT molecular complexity index is 147. The van der Waals surface area contributed by atoms with Gasteiger partial charge in [-0.1, -0.05) is 0 Å². The van der Waals surface area contributed by atoms with E-state index in [0.717, 1.165) is 25.9 Å². The zero-order chi connectivity index (χ0) is 9.19. The van der Waals surface area contributed by atoms with Crippen molar-refractivity contribution in [3.8, 4) is 0 Å². The molecule has 2 N–H and O–H groups in total. The Kier molecular flexibility index (Phi) is 3.09. The zero-order valence-corrected chi connectivity index (χ0v) is 8.30. The van der Waals surface area contributed by atoms with Crippen LogP contribution < -0.4 is 5.32 Å². The van der Waals surface area contributed by atoms with Crippen LogP contribution in [0.15, 0.2) is 0 Å². The minimum Gasteiger partial charge on any atom is -0.389 e. The molecule has 1 rings (SSSR count). The van der Waals surface area contributed by atoms with Crippen molar-refractivity contribution in [1.29, 1.82) is 0 Å². The monoisotopic (exact) mass is 172 g/mol. The molecule has 0 aliphatic carbocycles. The summed E-state index contributed by atoms with van der Waals surface area (Å²) in [5.74, 6) is 0. The number of likely N-dealkylation sites (tertiary alicyclic amines) is 1. The zero-order valence-electron chi connectivity index (χ0n) is 8.30. The van der Waals surface area contributed by atoms with E-state index < -0.39 is 5.60 Å². The highest BCUT2D eigenvalue weighted by atomic mass is 16.3. The summed E-state index contributed by atoms with van der Waals surface area (Å²) in [6, 6.07) is 0.199. The Morgan fingerprint density at radius 1 is 1.58 bits per heavy atom. The van der Waals surface area contributed by atoms with Gasteiger partial charge in [0, 0.05) is 12.6 Å². The van der Waals surface area contributed by atoms with E-state index in [4.69, 9.17) is 0 Å². The van der Waals surface area contributed by atoms with Gasteiger partial charge >= 0.3 is 0 Å². The number of hydrogen-bond donors (Lipinski definition) is 2. The van der Waals surface area contributed by atoms with Crippen molar-refractivity contribution >= 4 is 0 Å². The van der Waals surface area contributed by atoms with Gasteiger partial charge < -0.3 is 15.3 Å². The fourth-order valence-corrected chi connectivity index (χ4v) is 1.88. The van der Waals surface area contributed by atoms with Gasteiger partial charge in [0.25, 0.3) is 0 Å². The second-order valence-corrected chi connectivity index (χ2v) is 4.06. The summed E-state index contributed by atoms with van der Waals surface area (Å²) < 4.78 is 0. The molecule has 0 aromatic rings. The van der Waals surface area contributed by atoms with Gasteiger partial charge in [0.1, 0.15) is 0 Å². The van der Waals surface area contributed by atoms with E-state index >= 15 is 0 Å². The van der Waals surface area contributed by atoms with E-state index in [1.54, 1.807) is 0 Å². The van der Waals surface area contributed by atoms with Crippen LogP contribution in [0.2, 0.25) is 0 Å². The summed E-state index contributed by atoms with van der Waals surface area (Å²) in [7, 11) is 4.02. The molecular weight excluding hydrogens is 152 g/mol. The van der Waals surface area contributed by atoms with E-state index in [2.05, 4.69) is 17.3 Å². The average Bonchev–Trinajstić information content (AvgIpc) is 2.10. The first kappa shape index (κ1) is 9.96. The third kappa shape index (κ3) is 2.19. The molecule has 0 aromatic heterocycles. The summed E-state index contributed by atoms with van der Waals surface area (Å²) in [5, 5.41) is 13.2.